The van der Waals surface area contributed by atoms with Crippen LogP contribution in [0.15, 0.2) is 48.5 Å². The monoisotopic (exact) mass is 370 g/mol. The van der Waals surface area contributed by atoms with Crippen LogP contribution in [0, 0.1) is 10.1 Å². The van der Waals surface area contributed by atoms with Crippen LogP contribution in [0.2, 0.25) is 0 Å². The first-order chi connectivity index (χ1) is 13.1. The van der Waals surface area contributed by atoms with Gasteiger partial charge in [0.05, 0.1) is 23.7 Å². The molecule has 1 heterocycles. The molecule has 1 saturated heterocycles. The van der Waals surface area contributed by atoms with Gasteiger partial charge in [0.1, 0.15) is 5.75 Å². The van der Waals surface area contributed by atoms with Crippen molar-refractivity contribution in [2.24, 2.45) is 0 Å². The quantitative estimate of drug-likeness (QED) is 0.440. The zero-order valence-corrected chi connectivity index (χ0v) is 14.4. The number of benzene rings is 2. The van der Waals surface area contributed by atoms with Gasteiger partial charge >= 0.3 is 0 Å². The van der Waals surface area contributed by atoms with E-state index in [1.807, 2.05) is 6.07 Å². The normalized spacial score (nSPS) is 15.0. The molecule has 0 bridgehead atoms. The van der Waals surface area contributed by atoms with Gasteiger partial charge in [-0.3, -0.25) is 19.7 Å². The summed E-state index contributed by atoms with van der Waals surface area (Å²) in [4.78, 5) is 36.4. The lowest BCUT2D eigenvalue weighted by molar-refractivity contribution is -0.384. The molecule has 0 saturated carbocycles. The smallest absolute Gasteiger partial charge is 0.270 e. The Hall–Kier alpha value is -3.26. The van der Waals surface area contributed by atoms with Gasteiger partial charge < -0.3 is 14.4 Å². The van der Waals surface area contributed by atoms with Gasteiger partial charge in [-0.05, 0) is 6.07 Å². The third-order valence-electron chi connectivity index (χ3n) is 4.23. The largest absolute Gasteiger partial charge is 0.475 e. The van der Waals surface area contributed by atoms with E-state index in [0.29, 0.717) is 38.2 Å². The highest BCUT2D eigenvalue weighted by atomic mass is 16.6. The fourth-order valence-corrected chi connectivity index (χ4v) is 2.81. The number of hydrogen-bond acceptors (Lipinski definition) is 6. The maximum absolute atomic E-state index is 13.0. The Morgan fingerprint density at radius 2 is 1.89 bits per heavy atom. The molecule has 140 valence electrons. The van der Waals surface area contributed by atoms with Gasteiger partial charge in [-0.15, -0.1) is 0 Å². The van der Waals surface area contributed by atoms with Gasteiger partial charge in [0.15, 0.2) is 6.29 Å². The number of carbonyl (C=O) groups excluding carboxylic acids is 2. The summed E-state index contributed by atoms with van der Waals surface area (Å²) in [6.07, 6.45) is -0.492. The summed E-state index contributed by atoms with van der Waals surface area (Å²) in [7, 11) is 0. The molecule has 0 unspecified atom stereocenters. The van der Waals surface area contributed by atoms with Crippen LogP contribution >= 0.6 is 0 Å². The second-order valence-electron chi connectivity index (χ2n) is 5.94. The Kier molecular flexibility index (Phi) is 5.77. The molecule has 0 aromatic heterocycles. The van der Waals surface area contributed by atoms with E-state index in [2.05, 4.69) is 0 Å². The average molecular weight is 370 g/mol. The Bertz CT molecular complexity index is 833. The Labute approximate surface area is 155 Å². The molecule has 0 aliphatic carbocycles. The Morgan fingerprint density at radius 1 is 1.19 bits per heavy atom. The van der Waals surface area contributed by atoms with Crippen LogP contribution < -0.4 is 4.74 Å². The molecular formula is C19H18N2O6. The number of ether oxygens (including phenoxy) is 2. The predicted octanol–water partition coefficient (Wildman–Crippen LogP) is 2.39. The zero-order valence-electron chi connectivity index (χ0n) is 14.4. The maximum atomic E-state index is 13.0. The first kappa shape index (κ1) is 18.5. The van der Waals surface area contributed by atoms with E-state index in [9.17, 15) is 19.7 Å². The number of nitro benzene ring substituents is 1. The fourth-order valence-electron chi connectivity index (χ4n) is 2.81. The Morgan fingerprint density at radius 3 is 2.52 bits per heavy atom. The van der Waals surface area contributed by atoms with E-state index in [1.165, 1.54) is 12.1 Å². The van der Waals surface area contributed by atoms with Gasteiger partial charge in [0, 0.05) is 30.8 Å². The molecule has 27 heavy (non-hydrogen) atoms. The van der Waals surface area contributed by atoms with E-state index in [4.69, 9.17) is 9.47 Å². The van der Waals surface area contributed by atoms with Gasteiger partial charge in [0.25, 0.3) is 11.6 Å². The van der Waals surface area contributed by atoms with Crippen molar-refractivity contribution in [3.63, 3.8) is 0 Å². The summed E-state index contributed by atoms with van der Waals surface area (Å²) in [6, 6.07) is 12.6. The van der Waals surface area contributed by atoms with Crippen LogP contribution in [0.1, 0.15) is 22.0 Å². The maximum Gasteiger partial charge on any atom is 0.270 e. The van der Waals surface area contributed by atoms with Gasteiger partial charge in [-0.2, -0.15) is 0 Å². The summed E-state index contributed by atoms with van der Waals surface area (Å²) in [6.45, 7) is 1.80. The molecule has 0 N–H and O–H groups in total. The lowest BCUT2D eigenvalue weighted by atomic mass is 10.1. The summed E-state index contributed by atoms with van der Waals surface area (Å²) >= 11 is 0. The number of rotatable bonds is 6. The van der Waals surface area contributed by atoms with E-state index in [0.717, 1.165) is 6.07 Å². The third kappa shape index (κ3) is 4.29. The minimum atomic E-state index is -0.968. The van der Waals surface area contributed by atoms with Crippen molar-refractivity contribution in [3.8, 4) is 5.75 Å². The number of non-ortho nitro benzene ring substituents is 1. The molecular weight excluding hydrogens is 352 g/mol. The lowest BCUT2D eigenvalue weighted by Gasteiger charge is -2.30. The second kappa shape index (κ2) is 8.41. The average Bonchev–Trinajstić information content (AvgIpc) is 2.72. The second-order valence-corrected chi connectivity index (χ2v) is 5.94. The van der Waals surface area contributed by atoms with Crippen LogP contribution in [0.4, 0.5) is 5.69 Å². The minimum absolute atomic E-state index is 0.0138. The van der Waals surface area contributed by atoms with Crippen LogP contribution in [0.5, 0.6) is 5.75 Å². The van der Waals surface area contributed by atoms with Crippen LogP contribution in [-0.4, -0.2) is 48.3 Å². The first-order valence-corrected chi connectivity index (χ1v) is 8.42. The first-order valence-electron chi connectivity index (χ1n) is 8.42. The molecule has 0 spiro atoms. The number of hydrogen-bond donors (Lipinski definition) is 0. The van der Waals surface area contributed by atoms with Gasteiger partial charge in [0.2, 0.25) is 6.10 Å². The van der Waals surface area contributed by atoms with Crippen molar-refractivity contribution < 1.29 is 24.0 Å². The summed E-state index contributed by atoms with van der Waals surface area (Å²) in [5.41, 5.74) is 0.421. The number of nitrogens with zero attached hydrogens (tertiary/aromatic N) is 2. The molecule has 8 heteroatoms. The van der Waals surface area contributed by atoms with Crippen LogP contribution in [0.25, 0.3) is 0 Å². The number of amides is 1. The van der Waals surface area contributed by atoms with Gasteiger partial charge in [-0.25, -0.2) is 0 Å². The summed E-state index contributed by atoms with van der Waals surface area (Å²) in [5.74, 6) is -0.134. The fraction of sp³-hybridized carbons (Fsp3) is 0.263. The summed E-state index contributed by atoms with van der Waals surface area (Å²) < 4.78 is 11.2. The van der Waals surface area contributed by atoms with E-state index >= 15 is 0 Å². The molecule has 0 radical (unpaired) electrons. The van der Waals surface area contributed by atoms with Crippen molar-refractivity contribution in [2.75, 3.05) is 26.3 Å². The molecule has 8 nitrogen and oxygen atoms in total. The highest BCUT2D eigenvalue weighted by molar-refractivity contribution is 5.84. The zero-order chi connectivity index (χ0) is 19.2. The molecule has 2 aromatic carbocycles. The number of carbonyl (C=O) groups is 2. The highest BCUT2D eigenvalue weighted by Gasteiger charge is 2.29. The van der Waals surface area contributed by atoms with E-state index < -0.39 is 11.0 Å². The van der Waals surface area contributed by atoms with Crippen LogP contribution in [0.3, 0.4) is 0 Å². The molecule has 1 atom stereocenters. The molecule has 1 aliphatic rings. The van der Waals surface area contributed by atoms with Crippen LogP contribution in [-0.2, 0) is 9.53 Å². The summed E-state index contributed by atoms with van der Waals surface area (Å²) in [5, 5.41) is 10.9. The topological polar surface area (TPSA) is 99.0 Å². The molecule has 1 aliphatic heterocycles. The van der Waals surface area contributed by atoms with E-state index in [1.54, 1.807) is 29.2 Å². The van der Waals surface area contributed by atoms with Crippen molar-refractivity contribution in [1.82, 2.24) is 4.90 Å². The molecule has 1 fully saturated rings. The number of morpholine rings is 1. The van der Waals surface area contributed by atoms with Crippen molar-refractivity contribution in [2.45, 2.75) is 6.10 Å². The third-order valence-corrected chi connectivity index (χ3v) is 4.23. The predicted molar refractivity (Wildman–Crippen MR) is 95.7 cm³/mol. The van der Waals surface area contributed by atoms with Gasteiger partial charge in [-0.1, -0.05) is 30.3 Å². The van der Waals surface area contributed by atoms with Crippen molar-refractivity contribution >= 4 is 17.9 Å². The molecule has 2 aromatic rings. The number of aldehydes is 1. The SMILES string of the molecule is O=Cc1cc([N+](=O)[O-])ccc1O[C@@H](C(=O)N1CCOCC1)c1ccccc1. The Balaban J connectivity index is 1.93. The standard InChI is InChI=1S/C19H18N2O6/c22-13-15-12-16(21(24)25)6-7-17(15)27-18(14-4-2-1-3-5-14)19(23)20-8-10-26-11-9-20/h1-7,12-13,18H,8-11H2/t18-/m1/s1. The van der Waals surface area contributed by atoms with E-state index in [-0.39, 0.29) is 22.9 Å². The minimum Gasteiger partial charge on any atom is -0.475 e. The molecule has 1 amide bonds. The lowest BCUT2D eigenvalue weighted by Crippen LogP contribution is -2.44. The molecule has 3 rings (SSSR count). The van der Waals surface area contributed by atoms with Crippen molar-refractivity contribution in [3.05, 3.63) is 69.8 Å². The highest BCUT2D eigenvalue weighted by Crippen LogP contribution is 2.29. The number of nitro groups is 1. The van der Waals surface area contributed by atoms with Crippen molar-refractivity contribution in [1.29, 1.82) is 0 Å².